The van der Waals surface area contributed by atoms with E-state index in [-0.39, 0.29) is 39.3 Å². The molecule has 0 aromatic rings. The molecule has 16 heteroatoms. The van der Waals surface area contributed by atoms with Crippen LogP contribution < -0.4 is 16.0 Å². The quantitative estimate of drug-likeness (QED) is 0.0963. The van der Waals surface area contributed by atoms with Crippen LogP contribution in [0.5, 0.6) is 0 Å². The zero-order valence-electron chi connectivity index (χ0n) is 22.1. The second-order valence-corrected chi connectivity index (χ2v) is 8.33. The van der Waals surface area contributed by atoms with Crippen LogP contribution in [0, 0.1) is 0 Å². The number of hydrogen-bond donors (Lipinski definition) is 6. The molecule has 6 amide bonds. The van der Waals surface area contributed by atoms with Gasteiger partial charge in [0.1, 0.15) is 18.1 Å². The third-order valence-electron chi connectivity index (χ3n) is 5.39. The Labute approximate surface area is 215 Å². The van der Waals surface area contributed by atoms with Gasteiger partial charge < -0.3 is 16.0 Å². The maximum atomic E-state index is 12.2. The number of hydrogen-bond acceptors (Lipinski definition) is 10. The fourth-order valence-electron chi connectivity index (χ4n) is 2.94. The van der Waals surface area contributed by atoms with E-state index < -0.39 is 53.6 Å². The predicted octanol–water partition coefficient (Wildman–Crippen LogP) is -2.48. The van der Waals surface area contributed by atoms with E-state index in [1.807, 2.05) is 0 Å². The summed E-state index contributed by atoms with van der Waals surface area (Å²) < 4.78 is 0. The number of nitrogens with zero attached hydrogens (tertiary/aromatic N) is 4. The smallest absolute Gasteiger partial charge is 0.245 e. The van der Waals surface area contributed by atoms with E-state index in [1.165, 1.54) is 20.8 Å². The average molecular weight is 534 g/mol. The number of carbonyl (C=O) groups is 6. The molecule has 0 aliphatic heterocycles. The topological polar surface area (TPSA) is 212 Å². The van der Waals surface area contributed by atoms with Crippen molar-refractivity contribution in [3.63, 3.8) is 0 Å². The molecule has 0 saturated heterocycles. The zero-order valence-corrected chi connectivity index (χ0v) is 22.1. The van der Waals surface area contributed by atoms with Crippen molar-refractivity contribution >= 4 is 35.4 Å². The van der Waals surface area contributed by atoms with Gasteiger partial charge in [0.2, 0.25) is 35.4 Å². The van der Waals surface area contributed by atoms with Crippen molar-refractivity contribution in [1.82, 2.24) is 36.0 Å². The van der Waals surface area contributed by atoms with Gasteiger partial charge in [-0.15, -0.1) is 0 Å². The zero-order chi connectivity index (χ0) is 28.9. The molecule has 0 unspecified atom stereocenters. The Kier molecular flexibility index (Phi) is 14.9. The Bertz CT molecular complexity index is 722. The summed E-state index contributed by atoms with van der Waals surface area (Å²) in [5.74, 6) is -3.88. The first-order chi connectivity index (χ1) is 17.1. The lowest BCUT2D eigenvalue weighted by molar-refractivity contribution is -0.176. The van der Waals surface area contributed by atoms with Crippen molar-refractivity contribution in [3.05, 3.63) is 0 Å². The maximum Gasteiger partial charge on any atom is 0.245 e. The van der Waals surface area contributed by atoms with Gasteiger partial charge in [-0.05, 0) is 20.8 Å². The first-order valence-electron chi connectivity index (χ1n) is 11.6. The lowest BCUT2D eigenvalue weighted by atomic mass is 10.3. The van der Waals surface area contributed by atoms with Crippen LogP contribution in [0.25, 0.3) is 0 Å². The molecule has 0 saturated carbocycles. The van der Waals surface area contributed by atoms with E-state index in [4.69, 9.17) is 0 Å². The van der Waals surface area contributed by atoms with Crippen LogP contribution in [0.2, 0.25) is 0 Å². The number of hydroxylamine groups is 6. The molecule has 0 rings (SSSR count). The molecule has 0 heterocycles. The summed E-state index contributed by atoms with van der Waals surface area (Å²) in [6.45, 7) is 8.42. The second-order valence-electron chi connectivity index (χ2n) is 8.33. The Morgan fingerprint density at radius 3 is 0.946 bits per heavy atom. The molecule has 0 bridgehead atoms. The molecule has 0 aromatic carbocycles. The molecule has 0 fully saturated rings. The highest BCUT2D eigenvalue weighted by atomic mass is 16.5. The fourth-order valence-corrected chi connectivity index (χ4v) is 2.94. The normalized spacial score (nSPS) is 13.1. The molecule has 16 nitrogen and oxygen atoms in total. The standard InChI is InChI=1S/C21H39N7O9/c1-13(26(35)16(4)29)19(32)22-7-10-25(11-8-23-20(33)14(2)27(36)17(5)30)12-9-24-21(34)15(3)28(37)18(6)31/h13-15,35-37H,7-12H2,1-6H3,(H,22,32)(H,23,33)(H,24,34)/t13-,14-,15-/m1/s1. The highest BCUT2D eigenvalue weighted by Crippen LogP contribution is 1.98. The molecular formula is C21H39N7O9. The van der Waals surface area contributed by atoms with Crippen LogP contribution in [0.4, 0.5) is 0 Å². The molecular weight excluding hydrogens is 494 g/mol. The Hall–Kier alpha value is -3.34. The average Bonchev–Trinajstić information content (AvgIpc) is 2.84. The molecule has 212 valence electrons. The summed E-state index contributed by atoms with van der Waals surface area (Å²) in [7, 11) is 0. The highest BCUT2D eigenvalue weighted by Gasteiger charge is 2.24. The third kappa shape index (κ3) is 12.0. The minimum absolute atomic E-state index is 0.104. The van der Waals surface area contributed by atoms with E-state index in [0.29, 0.717) is 15.2 Å². The van der Waals surface area contributed by atoms with Crippen LogP contribution >= 0.6 is 0 Å². The summed E-state index contributed by atoms with van der Waals surface area (Å²) in [5, 5.41) is 37.4. The third-order valence-corrected chi connectivity index (χ3v) is 5.39. The van der Waals surface area contributed by atoms with Crippen LogP contribution in [-0.2, 0) is 28.8 Å². The van der Waals surface area contributed by atoms with Gasteiger partial charge in [0.15, 0.2) is 0 Å². The van der Waals surface area contributed by atoms with Crippen LogP contribution in [-0.4, -0.2) is 129 Å². The molecule has 0 aromatic heterocycles. The minimum atomic E-state index is -1.11. The van der Waals surface area contributed by atoms with Gasteiger partial charge in [0.05, 0.1) is 0 Å². The molecule has 0 radical (unpaired) electrons. The van der Waals surface area contributed by atoms with E-state index in [2.05, 4.69) is 16.0 Å². The predicted molar refractivity (Wildman–Crippen MR) is 127 cm³/mol. The second kappa shape index (κ2) is 16.4. The Morgan fingerprint density at radius 1 is 0.541 bits per heavy atom. The Balaban J connectivity index is 4.97. The highest BCUT2D eigenvalue weighted by molar-refractivity contribution is 5.87. The molecule has 0 aliphatic carbocycles. The summed E-state index contributed by atoms with van der Waals surface area (Å²) in [6, 6.07) is -3.34. The number of amides is 6. The summed E-state index contributed by atoms with van der Waals surface area (Å²) in [5.41, 5.74) is 0. The van der Waals surface area contributed by atoms with E-state index in [9.17, 15) is 44.4 Å². The molecule has 0 spiro atoms. The number of nitrogens with one attached hydrogen (secondary N) is 3. The van der Waals surface area contributed by atoms with Crippen molar-refractivity contribution in [2.24, 2.45) is 0 Å². The first kappa shape index (κ1) is 33.7. The maximum absolute atomic E-state index is 12.2. The van der Waals surface area contributed by atoms with E-state index in [1.54, 1.807) is 4.90 Å². The molecule has 0 aliphatic rings. The van der Waals surface area contributed by atoms with E-state index in [0.717, 1.165) is 20.8 Å². The van der Waals surface area contributed by atoms with E-state index >= 15 is 0 Å². The van der Waals surface area contributed by atoms with Gasteiger partial charge >= 0.3 is 0 Å². The fraction of sp³-hybridized carbons (Fsp3) is 0.714. The number of rotatable bonds is 15. The minimum Gasteiger partial charge on any atom is -0.353 e. The van der Waals surface area contributed by atoms with Gasteiger partial charge in [-0.2, -0.15) is 0 Å². The largest absolute Gasteiger partial charge is 0.353 e. The monoisotopic (exact) mass is 533 g/mol. The lowest BCUT2D eigenvalue weighted by Gasteiger charge is -2.26. The van der Waals surface area contributed by atoms with Gasteiger partial charge in [-0.25, -0.2) is 15.2 Å². The van der Waals surface area contributed by atoms with Gasteiger partial charge in [-0.1, -0.05) is 0 Å². The van der Waals surface area contributed by atoms with Crippen molar-refractivity contribution in [2.45, 2.75) is 59.7 Å². The summed E-state index contributed by atoms with van der Waals surface area (Å²) in [6.07, 6.45) is 0. The summed E-state index contributed by atoms with van der Waals surface area (Å²) in [4.78, 5) is 71.9. The van der Waals surface area contributed by atoms with Gasteiger partial charge in [0.25, 0.3) is 0 Å². The van der Waals surface area contributed by atoms with Crippen LogP contribution in [0.1, 0.15) is 41.5 Å². The van der Waals surface area contributed by atoms with Crippen molar-refractivity contribution in [2.75, 3.05) is 39.3 Å². The molecule has 6 N–H and O–H groups in total. The SMILES string of the molecule is CC(=O)N(O)[C@H](C)C(=O)NCCN(CCNC(=O)[C@@H](C)N(O)C(C)=O)CCNC(=O)[C@@H](C)N(O)C(C)=O. The van der Waals surface area contributed by atoms with Crippen LogP contribution in [0.15, 0.2) is 0 Å². The van der Waals surface area contributed by atoms with Crippen molar-refractivity contribution in [1.29, 1.82) is 0 Å². The molecule has 37 heavy (non-hydrogen) atoms. The first-order valence-corrected chi connectivity index (χ1v) is 11.6. The van der Waals surface area contributed by atoms with Crippen molar-refractivity contribution < 1.29 is 44.4 Å². The Morgan fingerprint density at radius 2 is 0.757 bits per heavy atom. The van der Waals surface area contributed by atoms with Crippen LogP contribution in [0.3, 0.4) is 0 Å². The lowest BCUT2D eigenvalue weighted by Crippen LogP contribution is -2.50. The summed E-state index contributed by atoms with van der Waals surface area (Å²) >= 11 is 0. The van der Waals surface area contributed by atoms with Crippen molar-refractivity contribution in [3.8, 4) is 0 Å². The van der Waals surface area contributed by atoms with Gasteiger partial charge in [0, 0.05) is 60.0 Å². The van der Waals surface area contributed by atoms with Gasteiger partial charge in [-0.3, -0.25) is 49.3 Å². The molecule has 3 atom stereocenters. The number of carbonyl (C=O) groups excluding carboxylic acids is 6.